The molecule has 0 unspecified atom stereocenters. The number of carbonyl (C=O) groups is 1. The maximum Gasteiger partial charge on any atom is 0.261 e. The predicted octanol–water partition coefficient (Wildman–Crippen LogP) is 4.18. The molecule has 2 aromatic rings. The highest BCUT2D eigenvalue weighted by Crippen LogP contribution is 2.36. The first-order valence-electron chi connectivity index (χ1n) is 9.12. The van der Waals surface area contributed by atoms with Crippen LogP contribution in [0, 0.1) is 5.92 Å². The van der Waals surface area contributed by atoms with Gasteiger partial charge in [-0.15, -0.1) is 0 Å². The zero-order valence-electron chi connectivity index (χ0n) is 15.9. The number of carbonyl (C=O) groups excluding carboxylic acids is 1. The minimum Gasteiger partial charge on any atom is -0.407 e. The fourth-order valence-electron chi connectivity index (χ4n) is 3.46. The van der Waals surface area contributed by atoms with E-state index in [-0.39, 0.29) is 11.0 Å². The Kier molecular flexibility index (Phi) is 6.74. The van der Waals surface area contributed by atoms with Crippen molar-refractivity contribution in [2.75, 3.05) is 6.61 Å². The lowest BCUT2D eigenvalue weighted by Gasteiger charge is -2.43. The second-order valence-corrected chi connectivity index (χ2v) is 12.1. The topological polar surface area (TPSA) is 26.3 Å². The van der Waals surface area contributed by atoms with E-state index in [1.807, 2.05) is 6.92 Å². The van der Waals surface area contributed by atoms with Gasteiger partial charge in [-0.05, 0) is 28.3 Å². The van der Waals surface area contributed by atoms with Crippen LogP contribution in [0.25, 0.3) is 0 Å². The zero-order chi connectivity index (χ0) is 18.3. The number of hydrogen-bond acceptors (Lipinski definition) is 2. The minimum absolute atomic E-state index is 0.00593. The van der Waals surface area contributed by atoms with Gasteiger partial charge in [0, 0.05) is 12.5 Å². The molecular weight excluding hydrogens is 324 g/mol. The van der Waals surface area contributed by atoms with Crippen molar-refractivity contribution >= 4 is 25.0 Å². The van der Waals surface area contributed by atoms with Crippen LogP contribution in [0.2, 0.25) is 5.04 Å². The van der Waals surface area contributed by atoms with Gasteiger partial charge < -0.3 is 9.22 Å². The third kappa shape index (κ3) is 4.47. The fraction of sp³-hybridized carbons (Fsp3) is 0.409. The van der Waals surface area contributed by atoms with Crippen LogP contribution in [0.1, 0.15) is 40.5 Å². The zero-order valence-corrected chi connectivity index (χ0v) is 16.9. The van der Waals surface area contributed by atoms with Crippen molar-refractivity contribution in [1.29, 1.82) is 0 Å². The molecule has 1 atom stereocenters. The molecule has 0 N–H and O–H groups in total. The van der Waals surface area contributed by atoms with Crippen molar-refractivity contribution in [3.05, 3.63) is 60.7 Å². The van der Waals surface area contributed by atoms with E-state index in [1.54, 1.807) is 0 Å². The second-order valence-electron chi connectivity index (χ2n) is 7.77. The molecule has 0 fully saturated rings. The average molecular weight is 355 g/mol. The van der Waals surface area contributed by atoms with Crippen molar-refractivity contribution in [3.8, 4) is 0 Å². The van der Waals surface area contributed by atoms with Crippen LogP contribution in [0.3, 0.4) is 0 Å². The molecule has 25 heavy (non-hydrogen) atoms. The Balaban J connectivity index is 2.40. The van der Waals surface area contributed by atoms with Crippen molar-refractivity contribution in [3.63, 3.8) is 0 Å². The van der Waals surface area contributed by atoms with Crippen LogP contribution >= 0.6 is 0 Å². The summed E-state index contributed by atoms with van der Waals surface area (Å²) in [6.45, 7) is 9.51. The Labute approximate surface area is 153 Å². The summed E-state index contributed by atoms with van der Waals surface area (Å²) in [6.07, 6.45) is 2.81. The molecule has 2 rings (SSSR count). The molecule has 2 nitrogen and oxygen atoms in total. The van der Waals surface area contributed by atoms with Crippen molar-refractivity contribution in [1.82, 2.24) is 0 Å². The molecule has 0 aromatic heterocycles. The highest BCUT2D eigenvalue weighted by Gasteiger charge is 2.49. The van der Waals surface area contributed by atoms with Gasteiger partial charge in [0.2, 0.25) is 0 Å². The Hall–Kier alpha value is -1.71. The average Bonchev–Trinajstić information content (AvgIpc) is 2.62. The molecule has 0 spiro atoms. The van der Waals surface area contributed by atoms with Gasteiger partial charge in [-0.1, -0.05) is 88.4 Å². The molecule has 134 valence electrons. The maximum atomic E-state index is 10.9. The maximum absolute atomic E-state index is 10.9. The molecule has 0 aliphatic carbocycles. The van der Waals surface area contributed by atoms with Crippen LogP contribution in [0.4, 0.5) is 0 Å². The smallest absolute Gasteiger partial charge is 0.261 e. The van der Waals surface area contributed by atoms with Gasteiger partial charge in [-0.3, -0.25) is 0 Å². The first kappa shape index (κ1) is 19.6. The number of benzene rings is 2. The first-order valence-corrected chi connectivity index (χ1v) is 11.0. The molecule has 0 bridgehead atoms. The molecule has 2 aromatic carbocycles. The van der Waals surface area contributed by atoms with Gasteiger partial charge in [0.15, 0.2) is 0 Å². The monoisotopic (exact) mass is 354 g/mol. The van der Waals surface area contributed by atoms with Gasteiger partial charge >= 0.3 is 0 Å². The van der Waals surface area contributed by atoms with Gasteiger partial charge in [0.1, 0.15) is 6.29 Å². The third-order valence-electron chi connectivity index (χ3n) is 4.77. The summed E-state index contributed by atoms with van der Waals surface area (Å²) in [4.78, 5) is 10.9. The van der Waals surface area contributed by atoms with Crippen LogP contribution in [-0.4, -0.2) is 21.2 Å². The summed E-state index contributed by atoms with van der Waals surface area (Å²) in [5, 5.41) is 2.61. The van der Waals surface area contributed by atoms with E-state index in [2.05, 4.69) is 81.4 Å². The fourth-order valence-corrected chi connectivity index (χ4v) is 8.07. The van der Waals surface area contributed by atoms with Gasteiger partial charge in [0.25, 0.3) is 8.32 Å². The van der Waals surface area contributed by atoms with Crippen LogP contribution < -0.4 is 10.4 Å². The lowest BCUT2D eigenvalue weighted by molar-refractivity contribution is -0.110. The van der Waals surface area contributed by atoms with Crippen LogP contribution in [-0.2, 0) is 9.22 Å². The number of aldehydes is 1. The molecule has 0 amide bonds. The molecule has 0 heterocycles. The SMILES string of the molecule is C[C@@H](C=O)CCCO[Si](c1ccccc1)(c1ccccc1)C(C)(C)C. The molecular formula is C22H30O2Si. The highest BCUT2D eigenvalue weighted by molar-refractivity contribution is 6.99. The Morgan fingerprint density at radius 1 is 0.960 bits per heavy atom. The summed E-state index contributed by atoms with van der Waals surface area (Å²) in [7, 11) is -2.42. The lowest BCUT2D eigenvalue weighted by atomic mass is 10.1. The summed E-state index contributed by atoms with van der Waals surface area (Å²) < 4.78 is 6.78. The van der Waals surface area contributed by atoms with Gasteiger partial charge in [-0.25, -0.2) is 0 Å². The number of hydrogen-bond donors (Lipinski definition) is 0. The number of rotatable bonds is 8. The van der Waals surface area contributed by atoms with E-state index < -0.39 is 8.32 Å². The third-order valence-corrected chi connectivity index (χ3v) is 9.81. The van der Waals surface area contributed by atoms with Crippen LogP contribution in [0.15, 0.2) is 60.7 Å². The summed E-state index contributed by atoms with van der Waals surface area (Å²) in [5.74, 6) is 0.0998. The molecule has 0 aliphatic rings. The van der Waals surface area contributed by atoms with Crippen molar-refractivity contribution < 1.29 is 9.22 Å². The second kappa shape index (κ2) is 8.59. The summed E-state index contributed by atoms with van der Waals surface area (Å²) >= 11 is 0. The normalized spacial score (nSPS) is 13.4. The standard InChI is InChI=1S/C22H30O2Si/c1-19(18-23)12-11-17-24-25(22(2,3)4,20-13-7-5-8-14-20)21-15-9-6-10-16-21/h5-10,13-16,18-19H,11-12,17H2,1-4H3/t19-/m1/s1. The predicted molar refractivity (Wildman–Crippen MR) is 108 cm³/mol. The highest BCUT2D eigenvalue weighted by atomic mass is 28.4. The minimum atomic E-state index is -2.42. The molecule has 0 saturated heterocycles. The van der Waals surface area contributed by atoms with E-state index in [4.69, 9.17) is 4.43 Å². The quantitative estimate of drug-likeness (QED) is 0.404. The Morgan fingerprint density at radius 3 is 1.84 bits per heavy atom. The largest absolute Gasteiger partial charge is 0.407 e. The van der Waals surface area contributed by atoms with Gasteiger partial charge in [-0.2, -0.15) is 0 Å². The van der Waals surface area contributed by atoms with E-state index in [9.17, 15) is 4.79 Å². The molecule has 0 saturated carbocycles. The first-order chi connectivity index (χ1) is 11.9. The van der Waals surface area contributed by atoms with E-state index in [0.29, 0.717) is 6.61 Å². The molecule has 3 heteroatoms. The van der Waals surface area contributed by atoms with E-state index in [1.165, 1.54) is 10.4 Å². The van der Waals surface area contributed by atoms with E-state index >= 15 is 0 Å². The van der Waals surface area contributed by atoms with Crippen LogP contribution in [0.5, 0.6) is 0 Å². The lowest BCUT2D eigenvalue weighted by Crippen LogP contribution is -2.66. The Bertz CT molecular complexity index is 607. The van der Waals surface area contributed by atoms with Crippen molar-refractivity contribution in [2.45, 2.75) is 45.6 Å². The van der Waals surface area contributed by atoms with E-state index in [0.717, 1.165) is 19.1 Å². The van der Waals surface area contributed by atoms with Crippen molar-refractivity contribution in [2.24, 2.45) is 5.92 Å². The summed E-state index contributed by atoms with van der Waals surface area (Å²) in [5.41, 5.74) is 0. The van der Waals surface area contributed by atoms with Gasteiger partial charge in [0.05, 0.1) is 0 Å². The Morgan fingerprint density at radius 2 is 1.44 bits per heavy atom. The molecule has 0 radical (unpaired) electrons. The molecule has 0 aliphatic heterocycles. The summed E-state index contributed by atoms with van der Waals surface area (Å²) in [6, 6.07) is 21.3.